The fourth-order valence-corrected chi connectivity index (χ4v) is 12.5. The lowest BCUT2D eigenvalue weighted by molar-refractivity contribution is 0.669. The van der Waals surface area contributed by atoms with Gasteiger partial charge in [-0.2, -0.15) is 0 Å². The van der Waals surface area contributed by atoms with Gasteiger partial charge < -0.3 is 8.83 Å². The second-order valence-corrected chi connectivity index (χ2v) is 19.8. The van der Waals surface area contributed by atoms with Gasteiger partial charge in [0.05, 0.1) is 0 Å². The number of hydrogen-bond acceptors (Lipinski definition) is 2. The second kappa shape index (κ2) is 15.9. The Morgan fingerprint density at radius 3 is 0.946 bits per heavy atom. The molecule has 0 N–H and O–H groups in total. The minimum atomic E-state index is 0.884. The van der Waals surface area contributed by atoms with Crippen molar-refractivity contribution in [2.75, 3.05) is 0 Å². The highest BCUT2D eigenvalue weighted by atomic mass is 16.3. The zero-order chi connectivity index (χ0) is 48.4. The van der Waals surface area contributed by atoms with Crippen LogP contribution < -0.4 is 0 Å². The van der Waals surface area contributed by atoms with Crippen molar-refractivity contribution in [3.8, 4) is 55.6 Å². The average Bonchev–Trinajstić information content (AvgIpc) is 4.06. The Morgan fingerprint density at radius 1 is 0.189 bits per heavy atom. The van der Waals surface area contributed by atoms with Gasteiger partial charge in [0, 0.05) is 32.7 Å². The van der Waals surface area contributed by atoms with Crippen LogP contribution >= 0.6 is 0 Å². The first-order valence-corrected chi connectivity index (χ1v) is 25.5. The van der Waals surface area contributed by atoms with Gasteiger partial charge in [-0.15, -0.1) is 0 Å². The van der Waals surface area contributed by atoms with E-state index in [-0.39, 0.29) is 0 Å². The van der Waals surface area contributed by atoms with E-state index in [1.807, 2.05) is 0 Å². The van der Waals surface area contributed by atoms with Gasteiger partial charge in [-0.05, 0) is 146 Å². The molecule has 342 valence electrons. The lowest BCUT2D eigenvalue weighted by atomic mass is 9.81. The van der Waals surface area contributed by atoms with Crippen molar-refractivity contribution in [3.63, 3.8) is 0 Å². The molecule has 2 nitrogen and oxygen atoms in total. The van der Waals surface area contributed by atoms with E-state index in [0.29, 0.717) is 0 Å². The standard InChI is InChI=1S/C72H42O2/c1-3-17-45-39-47(37-35-43(45)15-1)49-21-9-25-55-63(49)41-64-50(48-38-36-44-16-2-4-18-46(44)40-48)22-10-26-56(64)69(55)70-57-27-11-23-51(59-29-13-31-61-53-19-5-7-33-67(53)73-71(59)61)65(57)42-66-52(24-12-28-58(66)70)60-30-14-32-62-54-20-6-8-34-68(54)74-72(60)62/h1-42H. The minimum absolute atomic E-state index is 0.884. The molecule has 16 aromatic rings. The van der Waals surface area contributed by atoms with E-state index in [1.165, 1.54) is 87.2 Å². The fraction of sp³-hybridized carbons (Fsp3) is 0. The average molecular weight is 939 g/mol. The number of fused-ring (bicyclic) bond motifs is 12. The molecule has 0 radical (unpaired) electrons. The fourth-order valence-electron chi connectivity index (χ4n) is 12.5. The smallest absolute Gasteiger partial charge is 0.143 e. The first-order valence-electron chi connectivity index (χ1n) is 25.5. The zero-order valence-electron chi connectivity index (χ0n) is 40.1. The van der Waals surface area contributed by atoms with Gasteiger partial charge >= 0.3 is 0 Å². The molecule has 0 aliphatic heterocycles. The summed E-state index contributed by atoms with van der Waals surface area (Å²) in [7, 11) is 0. The summed E-state index contributed by atoms with van der Waals surface area (Å²) in [6, 6.07) is 93.5. The van der Waals surface area contributed by atoms with Crippen LogP contribution in [-0.4, -0.2) is 0 Å². The van der Waals surface area contributed by atoms with E-state index in [2.05, 4.69) is 255 Å². The summed E-state index contributed by atoms with van der Waals surface area (Å²) >= 11 is 0. The summed E-state index contributed by atoms with van der Waals surface area (Å²) in [4.78, 5) is 0. The molecule has 0 spiro atoms. The summed E-state index contributed by atoms with van der Waals surface area (Å²) in [6.07, 6.45) is 0. The Morgan fingerprint density at radius 2 is 0.514 bits per heavy atom. The maximum Gasteiger partial charge on any atom is 0.143 e. The Balaban J connectivity index is 1.08. The van der Waals surface area contributed by atoms with Crippen LogP contribution in [0.3, 0.4) is 0 Å². The van der Waals surface area contributed by atoms with E-state index in [1.54, 1.807) is 0 Å². The van der Waals surface area contributed by atoms with Crippen LogP contribution in [-0.2, 0) is 0 Å². The van der Waals surface area contributed by atoms with E-state index in [4.69, 9.17) is 8.83 Å². The molecule has 14 aromatic carbocycles. The number of benzene rings is 14. The van der Waals surface area contributed by atoms with Crippen molar-refractivity contribution in [3.05, 3.63) is 255 Å². The summed E-state index contributed by atoms with van der Waals surface area (Å²) < 4.78 is 13.7. The molecule has 0 aliphatic rings. The Hall–Kier alpha value is -9.76. The van der Waals surface area contributed by atoms with E-state index < -0.39 is 0 Å². The molecule has 0 saturated carbocycles. The van der Waals surface area contributed by atoms with Crippen LogP contribution in [0.15, 0.2) is 264 Å². The van der Waals surface area contributed by atoms with Gasteiger partial charge in [0.25, 0.3) is 0 Å². The normalized spacial score (nSPS) is 12.1. The predicted molar refractivity (Wildman–Crippen MR) is 313 cm³/mol. The first kappa shape index (κ1) is 40.9. The number of para-hydroxylation sites is 4. The molecular formula is C72H42O2. The van der Waals surface area contributed by atoms with Crippen LogP contribution in [0.25, 0.3) is 164 Å². The molecule has 0 unspecified atom stereocenters. The van der Waals surface area contributed by atoms with Crippen molar-refractivity contribution in [2.45, 2.75) is 0 Å². The van der Waals surface area contributed by atoms with Gasteiger partial charge in [0.1, 0.15) is 22.3 Å². The molecule has 0 atom stereocenters. The summed E-state index contributed by atoms with van der Waals surface area (Å²) in [5, 5.41) is 18.8. The van der Waals surface area contributed by atoms with E-state index in [9.17, 15) is 0 Å². The maximum absolute atomic E-state index is 6.83. The zero-order valence-corrected chi connectivity index (χ0v) is 40.1. The molecule has 0 amide bonds. The summed E-state index contributed by atoms with van der Waals surface area (Å²) in [5.74, 6) is 0. The quantitative estimate of drug-likeness (QED) is 0.161. The van der Waals surface area contributed by atoms with Crippen molar-refractivity contribution >= 4 is 109 Å². The molecule has 0 bridgehead atoms. The van der Waals surface area contributed by atoms with Gasteiger partial charge in [0.2, 0.25) is 0 Å². The third kappa shape index (κ3) is 6.06. The molecule has 2 heterocycles. The van der Waals surface area contributed by atoms with Gasteiger partial charge in [-0.25, -0.2) is 0 Å². The third-order valence-corrected chi connectivity index (χ3v) is 15.8. The Labute approximate surface area is 425 Å². The third-order valence-electron chi connectivity index (χ3n) is 15.8. The number of hydrogen-bond donors (Lipinski definition) is 0. The monoisotopic (exact) mass is 938 g/mol. The molecular weight excluding hydrogens is 897 g/mol. The van der Waals surface area contributed by atoms with Crippen LogP contribution in [0.4, 0.5) is 0 Å². The lowest BCUT2D eigenvalue weighted by Crippen LogP contribution is -1.94. The number of furan rings is 2. The predicted octanol–water partition coefficient (Wildman–Crippen LogP) is 20.7. The van der Waals surface area contributed by atoms with Crippen molar-refractivity contribution in [2.24, 2.45) is 0 Å². The molecule has 0 aliphatic carbocycles. The first-order chi connectivity index (χ1) is 36.7. The Bertz CT molecular complexity index is 4720. The Kier molecular flexibility index (Phi) is 8.78. The second-order valence-electron chi connectivity index (χ2n) is 19.8. The highest BCUT2D eigenvalue weighted by Gasteiger charge is 2.24. The molecule has 74 heavy (non-hydrogen) atoms. The SMILES string of the molecule is c1ccc2cc(-c3cccc4c(-c5c6cccc(-c7cccc8c7oc7ccccc78)c6cc6c(-c7cccc8c7oc7ccccc78)cccc56)c5cccc(-c6ccc7ccccc7c6)c5cc34)ccc2c1. The largest absolute Gasteiger partial charge is 0.455 e. The van der Waals surface area contributed by atoms with Crippen molar-refractivity contribution in [1.29, 1.82) is 0 Å². The molecule has 2 heteroatoms. The van der Waals surface area contributed by atoms with E-state index in [0.717, 1.165) is 76.9 Å². The van der Waals surface area contributed by atoms with E-state index >= 15 is 0 Å². The van der Waals surface area contributed by atoms with Gasteiger partial charge in [-0.1, -0.05) is 218 Å². The van der Waals surface area contributed by atoms with Crippen LogP contribution in [0, 0.1) is 0 Å². The van der Waals surface area contributed by atoms with Crippen molar-refractivity contribution in [1.82, 2.24) is 0 Å². The number of rotatable bonds is 5. The lowest BCUT2D eigenvalue weighted by Gasteiger charge is -2.22. The van der Waals surface area contributed by atoms with Crippen molar-refractivity contribution < 1.29 is 8.83 Å². The van der Waals surface area contributed by atoms with Crippen LogP contribution in [0.1, 0.15) is 0 Å². The summed E-state index contributed by atoms with van der Waals surface area (Å²) in [6.45, 7) is 0. The topological polar surface area (TPSA) is 26.3 Å². The van der Waals surface area contributed by atoms with Crippen LogP contribution in [0.5, 0.6) is 0 Å². The molecule has 2 aromatic heterocycles. The summed E-state index contributed by atoms with van der Waals surface area (Å²) in [5.41, 5.74) is 15.1. The molecule has 0 saturated heterocycles. The highest BCUT2D eigenvalue weighted by molar-refractivity contribution is 6.29. The molecule has 0 fully saturated rings. The minimum Gasteiger partial charge on any atom is -0.455 e. The molecule has 16 rings (SSSR count). The van der Waals surface area contributed by atoms with Gasteiger partial charge in [-0.3, -0.25) is 0 Å². The van der Waals surface area contributed by atoms with Crippen LogP contribution in [0.2, 0.25) is 0 Å². The maximum atomic E-state index is 6.83. The van der Waals surface area contributed by atoms with Gasteiger partial charge in [0.15, 0.2) is 0 Å². The highest BCUT2D eigenvalue weighted by Crippen LogP contribution is 2.51.